The van der Waals surface area contributed by atoms with Crippen molar-refractivity contribution in [3.63, 3.8) is 0 Å². The van der Waals surface area contributed by atoms with Crippen LogP contribution >= 0.6 is 0 Å². The Labute approximate surface area is 125 Å². The van der Waals surface area contributed by atoms with Crippen LogP contribution in [0.2, 0.25) is 0 Å². The molecule has 2 heterocycles. The van der Waals surface area contributed by atoms with E-state index >= 15 is 0 Å². The van der Waals surface area contributed by atoms with E-state index in [4.69, 9.17) is 10.5 Å². The number of rotatable bonds is 2. The van der Waals surface area contributed by atoms with Crippen LogP contribution in [0.1, 0.15) is 24.9 Å². The molecule has 0 bridgehead atoms. The molecule has 0 spiro atoms. The van der Waals surface area contributed by atoms with Gasteiger partial charge in [0.2, 0.25) is 0 Å². The van der Waals surface area contributed by atoms with Gasteiger partial charge in [0, 0.05) is 19.6 Å². The van der Waals surface area contributed by atoms with Crippen molar-refractivity contribution >= 4 is 11.6 Å². The lowest BCUT2D eigenvalue weighted by molar-refractivity contribution is -0.125. The Hall–Kier alpha value is -1.59. The molecule has 0 aromatic heterocycles. The molecule has 3 atom stereocenters. The lowest BCUT2D eigenvalue weighted by Gasteiger charge is -2.31. The second-order valence-electron chi connectivity index (χ2n) is 6.18. The summed E-state index contributed by atoms with van der Waals surface area (Å²) >= 11 is 0. The van der Waals surface area contributed by atoms with E-state index in [1.807, 2.05) is 13.1 Å². The summed E-state index contributed by atoms with van der Waals surface area (Å²) in [6.07, 6.45) is 0.657. The maximum absolute atomic E-state index is 12.1. The monoisotopic (exact) mass is 289 g/mol. The van der Waals surface area contributed by atoms with E-state index in [1.54, 1.807) is 11.8 Å². The SMILES string of the molecule is CC1Oc2ccc(C3CC(CN)CN3C)cc2N(C)C1=O. The molecule has 3 unspecified atom stereocenters. The molecule has 5 nitrogen and oxygen atoms in total. The van der Waals surface area contributed by atoms with E-state index in [2.05, 4.69) is 24.1 Å². The van der Waals surface area contributed by atoms with Crippen LogP contribution in [0.15, 0.2) is 18.2 Å². The second kappa shape index (κ2) is 5.31. The number of nitrogens with two attached hydrogens (primary N) is 1. The molecule has 0 radical (unpaired) electrons. The predicted molar refractivity (Wildman–Crippen MR) is 82.5 cm³/mol. The van der Waals surface area contributed by atoms with E-state index in [9.17, 15) is 4.79 Å². The molecule has 2 aliphatic heterocycles. The van der Waals surface area contributed by atoms with Crippen LogP contribution in [-0.2, 0) is 4.79 Å². The summed E-state index contributed by atoms with van der Waals surface area (Å²) < 4.78 is 5.68. The van der Waals surface area contributed by atoms with Crippen molar-refractivity contribution in [1.82, 2.24) is 4.90 Å². The third-order valence-electron chi connectivity index (χ3n) is 4.68. The van der Waals surface area contributed by atoms with E-state index in [0.717, 1.165) is 30.9 Å². The molecular formula is C16H23N3O2. The van der Waals surface area contributed by atoms with Gasteiger partial charge in [-0.2, -0.15) is 0 Å². The number of carbonyl (C=O) groups excluding carboxylic acids is 1. The number of ether oxygens (including phenoxy) is 1. The van der Waals surface area contributed by atoms with Gasteiger partial charge in [-0.1, -0.05) is 6.07 Å². The quantitative estimate of drug-likeness (QED) is 0.893. The average Bonchev–Trinajstić information content (AvgIpc) is 2.86. The van der Waals surface area contributed by atoms with E-state index < -0.39 is 6.10 Å². The van der Waals surface area contributed by atoms with Crippen molar-refractivity contribution in [2.75, 3.05) is 32.1 Å². The Bertz CT molecular complexity index is 560. The molecule has 2 aliphatic rings. The number of anilines is 1. The lowest BCUT2D eigenvalue weighted by Crippen LogP contribution is -2.42. The van der Waals surface area contributed by atoms with Crippen molar-refractivity contribution in [2.45, 2.75) is 25.5 Å². The number of hydrogen-bond acceptors (Lipinski definition) is 4. The molecular weight excluding hydrogens is 266 g/mol. The van der Waals surface area contributed by atoms with Crippen LogP contribution in [-0.4, -0.2) is 44.1 Å². The summed E-state index contributed by atoms with van der Waals surface area (Å²) in [7, 11) is 3.94. The second-order valence-corrected chi connectivity index (χ2v) is 6.18. The van der Waals surface area contributed by atoms with Crippen LogP contribution in [0.5, 0.6) is 5.75 Å². The van der Waals surface area contributed by atoms with Gasteiger partial charge in [-0.3, -0.25) is 9.69 Å². The van der Waals surface area contributed by atoms with Gasteiger partial charge in [-0.05, 0) is 50.6 Å². The highest BCUT2D eigenvalue weighted by molar-refractivity contribution is 5.99. The topological polar surface area (TPSA) is 58.8 Å². The third-order valence-corrected chi connectivity index (χ3v) is 4.68. The summed E-state index contributed by atoms with van der Waals surface area (Å²) in [5.74, 6) is 1.33. The average molecular weight is 289 g/mol. The van der Waals surface area contributed by atoms with Crippen molar-refractivity contribution in [2.24, 2.45) is 11.7 Å². The fourth-order valence-electron chi connectivity index (χ4n) is 3.40. The first kappa shape index (κ1) is 14.4. The maximum atomic E-state index is 12.1. The smallest absolute Gasteiger partial charge is 0.267 e. The molecule has 1 aromatic rings. The molecule has 0 saturated carbocycles. The highest BCUT2D eigenvalue weighted by Crippen LogP contribution is 2.39. The molecule has 2 N–H and O–H groups in total. The van der Waals surface area contributed by atoms with Crippen LogP contribution in [0, 0.1) is 5.92 Å². The Balaban J connectivity index is 1.91. The molecule has 114 valence electrons. The number of likely N-dealkylation sites (N-methyl/N-ethyl adjacent to an activating group) is 1. The van der Waals surface area contributed by atoms with Gasteiger partial charge in [-0.15, -0.1) is 0 Å². The Morgan fingerprint density at radius 3 is 2.81 bits per heavy atom. The highest BCUT2D eigenvalue weighted by Gasteiger charge is 2.33. The maximum Gasteiger partial charge on any atom is 0.267 e. The Morgan fingerprint density at radius 1 is 1.38 bits per heavy atom. The van der Waals surface area contributed by atoms with Crippen molar-refractivity contribution < 1.29 is 9.53 Å². The van der Waals surface area contributed by atoms with Crippen LogP contribution in [0.25, 0.3) is 0 Å². The largest absolute Gasteiger partial charge is 0.479 e. The summed E-state index contributed by atoms with van der Waals surface area (Å²) in [6, 6.07) is 6.54. The number of hydrogen-bond donors (Lipinski definition) is 1. The zero-order chi connectivity index (χ0) is 15.1. The van der Waals surface area contributed by atoms with Crippen molar-refractivity contribution in [3.8, 4) is 5.75 Å². The zero-order valence-corrected chi connectivity index (χ0v) is 12.9. The predicted octanol–water partition coefficient (Wildman–Crippen LogP) is 1.38. The minimum absolute atomic E-state index is 0.000684. The van der Waals surface area contributed by atoms with Gasteiger partial charge in [0.15, 0.2) is 6.10 Å². The first-order chi connectivity index (χ1) is 10.0. The molecule has 3 rings (SSSR count). The summed E-state index contributed by atoms with van der Waals surface area (Å²) in [5.41, 5.74) is 7.89. The first-order valence-electron chi connectivity index (χ1n) is 7.49. The van der Waals surface area contributed by atoms with E-state index in [1.165, 1.54) is 5.56 Å². The van der Waals surface area contributed by atoms with E-state index in [0.29, 0.717) is 12.0 Å². The van der Waals surface area contributed by atoms with Gasteiger partial charge in [0.25, 0.3) is 5.91 Å². The fraction of sp³-hybridized carbons (Fsp3) is 0.562. The highest BCUT2D eigenvalue weighted by atomic mass is 16.5. The summed E-state index contributed by atoms with van der Waals surface area (Å²) in [5, 5.41) is 0. The molecule has 5 heteroatoms. The van der Waals surface area contributed by atoms with Gasteiger partial charge in [0.05, 0.1) is 5.69 Å². The molecule has 1 aromatic carbocycles. The number of carbonyl (C=O) groups is 1. The van der Waals surface area contributed by atoms with Gasteiger partial charge in [0.1, 0.15) is 5.75 Å². The van der Waals surface area contributed by atoms with Gasteiger partial charge >= 0.3 is 0 Å². The number of fused-ring (bicyclic) bond motifs is 1. The van der Waals surface area contributed by atoms with E-state index in [-0.39, 0.29) is 5.91 Å². The number of benzene rings is 1. The van der Waals surface area contributed by atoms with Crippen LogP contribution in [0.4, 0.5) is 5.69 Å². The van der Waals surface area contributed by atoms with Crippen LogP contribution < -0.4 is 15.4 Å². The van der Waals surface area contributed by atoms with Gasteiger partial charge < -0.3 is 15.4 Å². The number of likely N-dealkylation sites (tertiary alicyclic amines) is 1. The van der Waals surface area contributed by atoms with Gasteiger partial charge in [-0.25, -0.2) is 0 Å². The number of nitrogens with zero attached hydrogens (tertiary/aromatic N) is 2. The zero-order valence-electron chi connectivity index (χ0n) is 12.9. The Kier molecular flexibility index (Phi) is 3.63. The molecule has 0 aliphatic carbocycles. The first-order valence-corrected chi connectivity index (χ1v) is 7.49. The molecule has 21 heavy (non-hydrogen) atoms. The van der Waals surface area contributed by atoms with Crippen molar-refractivity contribution in [1.29, 1.82) is 0 Å². The molecule has 1 amide bonds. The normalized spacial score (nSPS) is 29.4. The summed E-state index contributed by atoms with van der Waals surface area (Å²) in [6.45, 7) is 3.54. The van der Waals surface area contributed by atoms with Crippen LogP contribution in [0.3, 0.4) is 0 Å². The third kappa shape index (κ3) is 2.40. The van der Waals surface area contributed by atoms with Crippen molar-refractivity contribution in [3.05, 3.63) is 23.8 Å². The standard InChI is InChI=1S/C16H23N3O2/c1-10-16(20)19(3)14-7-12(4-5-15(14)21-10)13-6-11(8-17)9-18(13)2/h4-5,7,10-11,13H,6,8-9,17H2,1-3H3. The lowest BCUT2D eigenvalue weighted by atomic mass is 9.98. The fourth-order valence-corrected chi connectivity index (χ4v) is 3.40. The molecule has 1 fully saturated rings. The Morgan fingerprint density at radius 2 is 2.14 bits per heavy atom. The minimum Gasteiger partial charge on any atom is -0.479 e. The molecule has 1 saturated heterocycles. The number of amides is 1. The minimum atomic E-state index is -0.413. The summed E-state index contributed by atoms with van der Waals surface area (Å²) in [4.78, 5) is 16.1.